The van der Waals surface area contributed by atoms with Crippen molar-refractivity contribution in [3.8, 4) is 5.75 Å². The molecule has 0 saturated heterocycles. The Morgan fingerprint density at radius 3 is 2.63 bits per heavy atom. The minimum absolute atomic E-state index is 0.535. The predicted molar refractivity (Wildman–Crippen MR) is 80.5 cm³/mol. The van der Waals surface area contributed by atoms with Gasteiger partial charge in [0.15, 0.2) is 0 Å². The summed E-state index contributed by atoms with van der Waals surface area (Å²) in [5.74, 6) is 0.813. The van der Waals surface area contributed by atoms with E-state index in [0.717, 1.165) is 26.9 Å². The van der Waals surface area contributed by atoms with Gasteiger partial charge in [0.1, 0.15) is 5.75 Å². The number of halogens is 1. The fourth-order valence-electron chi connectivity index (χ4n) is 2.15. The Kier molecular flexibility index (Phi) is 4.61. The van der Waals surface area contributed by atoms with E-state index >= 15 is 0 Å². The van der Waals surface area contributed by atoms with Crippen LogP contribution < -0.4 is 4.74 Å². The summed E-state index contributed by atoms with van der Waals surface area (Å²) in [4.78, 5) is 0. The summed E-state index contributed by atoms with van der Waals surface area (Å²) in [5.41, 5.74) is 3.05. The van der Waals surface area contributed by atoms with E-state index in [2.05, 4.69) is 15.9 Å². The topological polar surface area (TPSA) is 29.5 Å². The van der Waals surface area contributed by atoms with Crippen LogP contribution in [0.1, 0.15) is 22.8 Å². The van der Waals surface area contributed by atoms with Crippen molar-refractivity contribution < 1.29 is 9.84 Å². The molecule has 19 heavy (non-hydrogen) atoms. The zero-order chi connectivity index (χ0) is 13.8. The third-order valence-electron chi connectivity index (χ3n) is 3.06. The molecule has 0 spiro atoms. The molecule has 0 aliphatic carbocycles. The average molecular weight is 321 g/mol. The van der Waals surface area contributed by atoms with Gasteiger partial charge in [-0.3, -0.25) is 0 Å². The van der Waals surface area contributed by atoms with Crippen LogP contribution in [0.5, 0.6) is 5.75 Å². The Balaban J connectivity index is 2.22. The number of hydrogen-bond donors (Lipinski definition) is 1. The lowest BCUT2D eigenvalue weighted by Gasteiger charge is -2.14. The molecule has 2 nitrogen and oxygen atoms in total. The molecule has 0 aliphatic rings. The van der Waals surface area contributed by atoms with Gasteiger partial charge >= 0.3 is 0 Å². The highest BCUT2D eigenvalue weighted by molar-refractivity contribution is 9.10. The van der Waals surface area contributed by atoms with E-state index in [1.54, 1.807) is 7.11 Å². The monoisotopic (exact) mass is 320 g/mol. The number of aryl methyl sites for hydroxylation is 1. The fraction of sp³-hybridized carbons (Fsp3) is 0.250. The Hall–Kier alpha value is -1.32. The summed E-state index contributed by atoms with van der Waals surface area (Å²) in [6.07, 6.45) is 0.00685. The van der Waals surface area contributed by atoms with Crippen LogP contribution in [0.2, 0.25) is 0 Å². The first-order valence-electron chi connectivity index (χ1n) is 6.17. The Labute approximate surface area is 122 Å². The van der Waals surface area contributed by atoms with Gasteiger partial charge in [-0.05, 0) is 41.8 Å². The van der Waals surface area contributed by atoms with E-state index in [9.17, 15) is 5.11 Å². The SMILES string of the molecule is COc1ccccc1CC(O)c1cc(C)cc(Br)c1. The maximum atomic E-state index is 10.4. The van der Waals surface area contributed by atoms with E-state index in [1.165, 1.54) is 0 Å². The number of rotatable bonds is 4. The van der Waals surface area contributed by atoms with Crippen molar-refractivity contribution in [1.82, 2.24) is 0 Å². The molecule has 0 radical (unpaired) electrons. The van der Waals surface area contributed by atoms with Crippen molar-refractivity contribution in [1.29, 1.82) is 0 Å². The second-order valence-electron chi connectivity index (χ2n) is 4.59. The highest BCUT2D eigenvalue weighted by Crippen LogP contribution is 2.27. The molecule has 1 N–H and O–H groups in total. The first kappa shape index (κ1) is 14.1. The lowest BCUT2D eigenvalue weighted by molar-refractivity contribution is 0.177. The number of para-hydroxylation sites is 1. The molecular weight excluding hydrogens is 304 g/mol. The summed E-state index contributed by atoms with van der Waals surface area (Å²) in [6, 6.07) is 13.8. The van der Waals surface area contributed by atoms with Gasteiger partial charge in [0, 0.05) is 10.9 Å². The van der Waals surface area contributed by atoms with Crippen LogP contribution in [0.15, 0.2) is 46.9 Å². The molecule has 0 bridgehead atoms. The average Bonchev–Trinajstić information content (AvgIpc) is 2.38. The van der Waals surface area contributed by atoms with E-state index in [1.807, 2.05) is 49.4 Å². The molecule has 2 aromatic rings. The van der Waals surface area contributed by atoms with Gasteiger partial charge in [0.2, 0.25) is 0 Å². The standard InChI is InChI=1S/C16H17BrO2/c1-11-7-13(9-14(17)8-11)15(18)10-12-5-3-4-6-16(12)19-2/h3-9,15,18H,10H2,1-2H3. The van der Waals surface area contributed by atoms with E-state index in [-0.39, 0.29) is 0 Å². The number of hydrogen-bond acceptors (Lipinski definition) is 2. The minimum atomic E-state index is -0.535. The second kappa shape index (κ2) is 6.22. The summed E-state index contributed by atoms with van der Waals surface area (Å²) >= 11 is 3.46. The Morgan fingerprint density at radius 2 is 1.95 bits per heavy atom. The fourth-order valence-corrected chi connectivity index (χ4v) is 2.78. The summed E-state index contributed by atoms with van der Waals surface area (Å²) in [5, 5.41) is 10.4. The van der Waals surface area contributed by atoms with Crippen LogP contribution in [0.4, 0.5) is 0 Å². The van der Waals surface area contributed by atoms with Crippen molar-refractivity contribution in [2.24, 2.45) is 0 Å². The van der Waals surface area contributed by atoms with E-state index < -0.39 is 6.10 Å². The quantitative estimate of drug-likeness (QED) is 0.921. The zero-order valence-corrected chi connectivity index (χ0v) is 12.6. The van der Waals surface area contributed by atoms with Crippen molar-refractivity contribution >= 4 is 15.9 Å². The molecule has 0 amide bonds. The molecule has 0 saturated carbocycles. The summed E-state index contributed by atoms with van der Waals surface area (Å²) in [7, 11) is 1.65. The first-order valence-corrected chi connectivity index (χ1v) is 6.96. The molecule has 3 heteroatoms. The van der Waals surface area contributed by atoms with Crippen LogP contribution >= 0.6 is 15.9 Å². The van der Waals surface area contributed by atoms with Gasteiger partial charge in [-0.15, -0.1) is 0 Å². The van der Waals surface area contributed by atoms with Gasteiger partial charge < -0.3 is 9.84 Å². The first-order chi connectivity index (χ1) is 9.10. The van der Waals surface area contributed by atoms with Crippen LogP contribution in [0.25, 0.3) is 0 Å². The molecule has 1 atom stereocenters. The van der Waals surface area contributed by atoms with Crippen molar-refractivity contribution in [2.45, 2.75) is 19.4 Å². The maximum Gasteiger partial charge on any atom is 0.122 e. The third kappa shape index (κ3) is 3.58. The highest BCUT2D eigenvalue weighted by atomic mass is 79.9. The van der Waals surface area contributed by atoms with E-state index in [0.29, 0.717) is 6.42 Å². The molecule has 2 rings (SSSR count). The van der Waals surface area contributed by atoms with Gasteiger partial charge in [0.25, 0.3) is 0 Å². The minimum Gasteiger partial charge on any atom is -0.496 e. The van der Waals surface area contributed by atoms with Gasteiger partial charge in [0.05, 0.1) is 13.2 Å². The van der Waals surface area contributed by atoms with Crippen LogP contribution in [-0.4, -0.2) is 12.2 Å². The van der Waals surface area contributed by atoms with Gasteiger partial charge in [-0.25, -0.2) is 0 Å². The largest absolute Gasteiger partial charge is 0.496 e. The molecule has 0 heterocycles. The molecule has 1 unspecified atom stereocenters. The van der Waals surface area contributed by atoms with Gasteiger partial charge in [-0.1, -0.05) is 40.2 Å². The summed E-state index contributed by atoms with van der Waals surface area (Å²) in [6.45, 7) is 2.02. The van der Waals surface area contributed by atoms with E-state index in [4.69, 9.17) is 4.74 Å². The molecule has 100 valence electrons. The van der Waals surface area contributed by atoms with Crippen LogP contribution in [-0.2, 0) is 6.42 Å². The number of methoxy groups -OCH3 is 1. The van der Waals surface area contributed by atoms with Crippen LogP contribution in [0, 0.1) is 6.92 Å². The van der Waals surface area contributed by atoms with Crippen molar-refractivity contribution in [3.63, 3.8) is 0 Å². The molecule has 0 aromatic heterocycles. The molecule has 0 aliphatic heterocycles. The number of aliphatic hydroxyl groups is 1. The van der Waals surface area contributed by atoms with Gasteiger partial charge in [-0.2, -0.15) is 0 Å². The maximum absolute atomic E-state index is 10.4. The Morgan fingerprint density at radius 1 is 1.21 bits per heavy atom. The second-order valence-corrected chi connectivity index (χ2v) is 5.51. The van der Waals surface area contributed by atoms with Crippen molar-refractivity contribution in [3.05, 3.63) is 63.6 Å². The molecule has 2 aromatic carbocycles. The van der Waals surface area contributed by atoms with Crippen molar-refractivity contribution in [2.75, 3.05) is 7.11 Å². The highest BCUT2D eigenvalue weighted by Gasteiger charge is 2.12. The smallest absolute Gasteiger partial charge is 0.122 e. The number of ether oxygens (including phenoxy) is 1. The lowest BCUT2D eigenvalue weighted by Crippen LogP contribution is -2.03. The third-order valence-corrected chi connectivity index (χ3v) is 3.51. The normalized spacial score (nSPS) is 12.2. The van der Waals surface area contributed by atoms with Crippen LogP contribution in [0.3, 0.4) is 0 Å². The number of benzene rings is 2. The predicted octanol–water partition coefficient (Wildman–Crippen LogP) is 4.04. The molecular formula is C16H17BrO2. The number of aliphatic hydroxyl groups excluding tert-OH is 1. The summed E-state index contributed by atoms with van der Waals surface area (Å²) < 4.78 is 6.30. The Bertz CT molecular complexity index is 546. The zero-order valence-electron chi connectivity index (χ0n) is 11.1. The molecule has 0 fully saturated rings. The lowest BCUT2D eigenvalue weighted by atomic mass is 9.99.